The molecule has 0 radical (unpaired) electrons. The SMILES string of the molecule is OCC1CCCN(c2nnc(Cl)c3ccccc23)C1. The van der Waals surface area contributed by atoms with Crippen LogP contribution in [0.15, 0.2) is 24.3 Å². The predicted octanol–water partition coefficient (Wildman–Crippen LogP) is 2.49. The van der Waals surface area contributed by atoms with Crippen LogP contribution < -0.4 is 4.90 Å². The second-order valence-electron chi connectivity index (χ2n) is 5.00. The van der Waals surface area contributed by atoms with Gasteiger partial charge in [0.15, 0.2) is 11.0 Å². The normalized spacial score (nSPS) is 19.9. The first kappa shape index (κ1) is 12.6. The Labute approximate surface area is 117 Å². The van der Waals surface area contributed by atoms with E-state index in [0.717, 1.165) is 42.5 Å². The molecule has 1 fully saturated rings. The fourth-order valence-electron chi connectivity index (χ4n) is 2.70. The van der Waals surface area contributed by atoms with Crippen molar-refractivity contribution in [3.8, 4) is 0 Å². The third-order valence-electron chi connectivity index (χ3n) is 3.70. The minimum atomic E-state index is 0.232. The molecule has 1 unspecified atom stereocenters. The molecule has 19 heavy (non-hydrogen) atoms. The van der Waals surface area contributed by atoms with Crippen molar-refractivity contribution in [2.45, 2.75) is 12.8 Å². The van der Waals surface area contributed by atoms with E-state index in [1.54, 1.807) is 0 Å². The van der Waals surface area contributed by atoms with Gasteiger partial charge in [-0.1, -0.05) is 35.9 Å². The van der Waals surface area contributed by atoms with Gasteiger partial charge in [-0.05, 0) is 18.8 Å². The average molecular weight is 278 g/mol. The molecule has 4 nitrogen and oxygen atoms in total. The fourth-order valence-corrected chi connectivity index (χ4v) is 2.90. The molecule has 1 aliphatic rings. The van der Waals surface area contributed by atoms with Crippen LogP contribution in [-0.4, -0.2) is 35.0 Å². The zero-order valence-electron chi connectivity index (χ0n) is 10.6. The standard InChI is InChI=1S/C14H16ClN3O/c15-13-11-5-1-2-6-12(11)14(17-16-13)18-7-3-4-10(8-18)9-19/h1-2,5-6,10,19H,3-4,7-9H2. The molecule has 1 N–H and O–H groups in total. The molecule has 1 saturated heterocycles. The number of aliphatic hydroxyl groups excluding tert-OH is 1. The van der Waals surface area contributed by atoms with Crippen LogP contribution in [0.5, 0.6) is 0 Å². The zero-order valence-corrected chi connectivity index (χ0v) is 11.3. The van der Waals surface area contributed by atoms with E-state index < -0.39 is 0 Å². The van der Waals surface area contributed by atoms with Gasteiger partial charge in [-0.25, -0.2) is 0 Å². The van der Waals surface area contributed by atoms with Gasteiger partial charge in [0.25, 0.3) is 0 Å². The summed E-state index contributed by atoms with van der Waals surface area (Å²) in [7, 11) is 0. The topological polar surface area (TPSA) is 49.2 Å². The lowest BCUT2D eigenvalue weighted by Gasteiger charge is -2.33. The van der Waals surface area contributed by atoms with E-state index in [1.807, 2.05) is 24.3 Å². The molecule has 1 atom stereocenters. The maximum absolute atomic E-state index is 9.33. The van der Waals surface area contributed by atoms with Crippen LogP contribution in [0.25, 0.3) is 10.8 Å². The Morgan fingerprint density at radius 3 is 2.84 bits per heavy atom. The number of aliphatic hydroxyl groups is 1. The molecular weight excluding hydrogens is 262 g/mol. The lowest BCUT2D eigenvalue weighted by atomic mass is 9.98. The van der Waals surface area contributed by atoms with E-state index in [4.69, 9.17) is 11.6 Å². The highest BCUT2D eigenvalue weighted by molar-refractivity contribution is 6.34. The minimum absolute atomic E-state index is 0.232. The predicted molar refractivity (Wildman–Crippen MR) is 76.6 cm³/mol. The number of fused-ring (bicyclic) bond motifs is 1. The van der Waals surface area contributed by atoms with Crippen LogP contribution in [0.3, 0.4) is 0 Å². The first-order valence-electron chi connectivity index (χ1n) is 6.56. The number of nitrogens with zero attached hydrogens (tertiary/aromatic N) is 3. The molecule has 1 aromatic heterocycles. The monoisotopic (exact) mass is 277 g/mol. The summed E-state index contributed by atoms with van der Waals surface area (Å²) >= 11 is 6.09. The van der Waals surface area contributed by atoms with Crippen LogP contribution in [0.4, 0.5) is 5.82 Å². The summed E-state index contributed by atoms with van der Waals surface area (Å²) in [5.41, 5.74) is 0. The number of aromatic nitrogens is 2. The van der Waals surface area contributed by atoms with Crippen molar-refractivity contribution in [2.75, 3.05) is 24.6 Å². The number of piperidine rings is 1. The first-order valence-corrected chi connectivity index (χ1v) is 6.94. The number of anilines is 1. The maximum atomic E-state index is 9.33. The van der Waals surface area contributed by atoms with Crippen LogP contribution in [0.1, 0.15) is 12.8 Å². The summed E-state index contributed by atoms with van der Waals surface area (Å²) in [6.07, 6.45) is 2.15. The van der Waals surface area contributed by atoms with Crippen molar-refractivity contribution in [3.63, 3.8) is 0 Å². The van der Waals surface area contributed by atoms with E-state index in [2.05, 4.69) is 15.1 Å². The van der Waals surface area contributed by atoms with Crippen molar-refractivity contribution in [1.82, 2.24) is 10.2 Å². The minimum Gasteiger partial charge on any atom is -0.396 e. The van der Waals surface area contributed by atoms with Crippen molar-refractivity contribution in [3.05, 3.63) is 29.4 Å². The summed E-state index contributed by atoms with van der Waals surface area (Å²) in [4.78, 5) is 2.20. The van der Waals surface area contributed by atoms with Crippen molar-refractivity contribution in [1.29, 1.82) is 0 Å². The van der Waals surface area contributed by atoms with Gasteiger partial charge in [0.2, 0.25) is 0 Å². The molecule has 2 aromatic rings. The van der Waals surface area contributed by atoms with Crippen LogP contribution in [-0.2, 0) is 0 Å². The number of hydrogen-bond donors (Lipinski definition) is 1. The van der Waals surface area contributed by atoms with Crippen LogP contribution in [0, 0.1) is 5.92 Å². The van der Waals surface area contributed by atoms with Gasteiger partial charge in [0.05, 0.1) is 0 Å². The molecule has 0 saturated carbocycles. The molecule has 2 heterocycles. The van der Waals surface area contributed by atoms with Crippen molar-refractivity contribution < 1.29 is 5.11 Å². The number of halogens is 1. The molecule has 1 aliphatic heterocycles. The lowest BCUT2D eigenvalue weighted by Crippen LogP contribution is -2.37. The second-order valence-corrected chi connectivity index (χ2v) is 5.35. The summed E-state index contributed by atoms with van der Waals surface area (Å²) < 4.78 is 0. The van der Waals surface area contributed by atoms with Crippen molar-refractivity contribution >= 4 is 28.2 Å². The van der Waals surface area contributed by atoms with Gasteiger partial charge < -0.3 is 10.0 Å². The van der Waals surface area contributed by atoms with E-state index in [9.17, 15) is 5.11 Å². The number of benzene rings is 1. The Kier molecular flexibility index (Phi) is 3.53. The van der Waals surface area contributed by atoms with Gasteiger partial charge in [0, 0.05) is 30.5 Å². The van der Waals surface area contributed by atoms with Crippen molar-refractivity contribution in [2.24, 2.45) is 5.92 Å². The van der Waals surface area contributed by atoms with Gasteiger partial charge >= 0.3 is 0 Å². The Morgan fingerprint density at radius 2 is 2.05 bits per heavy atom. The van der Waals surface area contributed by atoms with E-state index in [0.29, 0.717) is 11.1 Å². The third kappa shape index (κ3) is 2.38. The second kappa shape index (κ2) is 5.31. The third-order valence-corrected chi connectivity index (χ3v) is 3.98. The molecule has 1 aromatic carbocycles. The highest BCUT2D eigenvalue weighted by Crippen LogP contribution is 2.30. The Balaban J connectivity index is 2.03. The quantitative estimate of drug-likeness (QED) is 0.916. The van der Waals surface area contributed by atoms with Gasteiger partial charge in [-0.15, -0.1) is 10.2 Å². The van der Waals surface area contributed by atoms with Gasteiger partial charge in [0.1, 0.15) is 0 Å². The average Bonchev–Trinajstić information content (AvgIpc) is 2.48. The summed E-state index contributed by atoms with van der Waals surface area (Å²) in [6.45, 7) is 2.02. The highest BCUT2D eigenvalue weighted by Gasteiger charge is 2.22. The molecule has 100 valence electrons. The van der Waals surface area contributed by atoms with E-state index in [-0.39, 0.29) is 6.61 Å². The van der Waals surface area contributed by atoms with Crippen LogP contribution >= 0.6 is 11.6 Å². The zero-order chi connectivity index (χ0) is 13.2. The number of hydrogen-bond acceptors (Lipinski definition) is 4. The molecule has 0 amide bonds. The Bertz CT molecular complexity index is 590. The molecule has 0 aliphatic carbocycles. The molecule has 0 spiro atoms. The fraction of sp³-hybridized carbons (Fsp3) is 0.429. The Hall–Kier alpha value is -1.39. The molecule has 3 rings (SSSR count). The van der Waals surface area contributed by atoms with Gasteiger partial charge in [-0.3, -0.25) is 0 Å². The van der Waals surface area contributed by atoms with E-state index in [1.165, 1.54) is 0 Å². The summed E-state index contributed by atoms with van der Waals surface area (Å²) in [6, 6.07) is 7.92. The molecule has 0 bridgehead atoms. The summed E-state index contributed by atoms with van der Waals surface area (Å²) in [5.74, 6) is 1.20. The van der Waals surface area contributed by atoms with Gasteiger partial charge in [-0.2, -0.15) is 0 Å². The summed E-state index contributed by atoms with van der Waals surface area (Å²) in [5, 5.41) is 20.0. The molecule has 5 heteroatoms. The Morgan fingerprint density at radius 1 is 1.26 bits per heavy atom. The first-order chi connectivity index (χ1) is 9.29. The number of rotatable bonds is 2. The lowest BCUT2D eigenvalue weighted by molar-refractivity contribution is 0.208. The molecular formula is C14H16ClN3O. The smallest absolute Gasteiger partial charge is 0.159 e. The van der Waals surface area contributed by atoms with E-state index >= 15 is 0 Å². The van der Waals surface area contributed by atoms with Crippen LogP contribution in [0.2, 0.25) is 5.15 Å². The largest absolute Gasteiger partial charge is 0.396 e. The maximum Gasteiger partial charge on any atom is 0.159 e. The highest BCUT2D eigenvalue weighted by atomic mass is 35.5.